The Morgan fingerprint density at radius 1 is 1.35 bits per heavy atom. The first-order chi connectivity index (χ1) is 7.84. The zero-order valence-corrected chi connectivity index (χ0v) is 13.1. The third kappa shape index (κ3) is 2.52. The highest BCUT2D eigenvalue weighted by Crippen LogP contribution is 2.37. The zero-order valence-electron chi connectivity index (χ0n) is 9.15. The van der Waals surface area contributed by atoms with Crippen LogP contribution in [0.1, 0.15) is 12.8 Å². The van der Waals surface area contributed by atoms with Crippen molar-refractivity contribution >= 4 is 47.6 Å². The van der Waals surface area contributed by atoms with Gasteiger partial charge in [-0.1, -0.05) is 15.9 Å². The summed E-state index contributed by atoms with van der Waals surface area (Å²) in [6.45, 7) is 0. The van der Waals surface area contributed by atoms with Gasteiger partial charge in [-0.05, 0) is 40.9 Å². The van der Waals surface area contributed by atoms with E-state index < -0.39 is 10.0 Å². The molecule has 1 aromatic carbocycles. The summed E-state index contributed by atoms with van der Waals surface area (Å²) in [7, 11) is -1.92. The number of anilines is 1. The van der Waals surface area contributed by atoms with E-state index in [0.29, 0.717) is 4.47 Å². The molecule has 0 bridgehead atoms. The van der Waals surface area contributed by atoms with Gasteiger partial charge in [0.2, 0.25) is 10.0 Å². The minimum Gasteiger partial charge on any atom is -0.398 e. The van der Waals surface area contributed by atoms with Crippen LogP contribution in [0.5, 0.6) is 0 Å². The van der Waals surface area contributed by atoms with Gasteiger partial charge >= 0.3 is 0 Å². The summed E-state index contributed by atoms with van der Waals surface area (Å²) in [5.41, 5.74) is 6.05. The van der Waals surface area contributed by atoms with Crippen molar-refractivity contribution in [1.82, 2.24) is 4.31 Å². The Morgan fingerprint density at radius 3 is 2.41 bits per heavy atom. The minimum atomic E-state index is -3.51. The van der Waals surface area contributed by atoms with Crippen molar-refractivity contribution in [3.8, 4) is 0 Å². The number of rotatable bonds is 3. The van der Waals surface area contributed by atoms with Gasteiger partial charge in [0.25, 0.3) is 0 Å². The van der Waals surface area contributed by atoms with Crippen molar-refractivity contribution in [3.63, 3.8) is 0 Å². The summed E-state index contributed by atoms with van der Waals surface area (Å²) in [5.74, 6) is 0. The van der Waals surface area contributed by atoms with Crippen molar-refractivity contribution in [1.29, 1.82) is 0 Å². The molecule has 0 saturated heterocycles. The van der Waals surface area contributed by atoms with Gasteiger partial charge in [-0.15, -0.1) is 0 Å². The first-order valence-electron chi connectivity index (χ1n) is 5.06. The third-order valence-corrected chi connectivity index (χ3v) is 6.11. The molecule has 2 N–H and O–H groups in total. The van der Waals surface area contributed by atoms with Crippen LogP contribution in [0.2, 0.25) is 0 Å². The fraction of sp³-hybridized carbons (Fsp3) is 0.400. The molecule has 4 nitrogen and oxygen atoms in total. The largest absolute Gasteiger partial charge is 0.398 e. The molecule has 1 aliphatic carbocycles. The maximum Gasteiger partial charge on any atom is 0.246 e. The lowest BCUT2D eigenvalue weighted by atomic mass is 10.3. The Labute approximate surface area is 117 Å². The molecule has 94 valence electrons. The average molecular weight is 384 g/mol. The molecule has 1 saturated carbocycles. The number of nitrogen functional groups attached to an aromatic ring is 1. The van der Waals surface area contributed by atoms with Crippen molar-refractivity contribution in [2.75, 3.05) is 12.8 Å². The summed E-state index contributed by atoms with van der Waals surface area (Å²) < 4.78 is 27.4. The van der Waals surface area contributed by atoms with E-state index in [4.69, 9.17) is 5.73 Å². The maximum atomic E-state index is 12.4. The SMILES string of the molecule is CN(C1CC1)S(=O)(=O)c1c(N)cc(Br)cc1Br. The Morgan fingerprint density at radius 2 is 1.94 bits per heavy atom. The van der Waals surface area contributed by atoms with Crippen LogP contribution in [0.3, 0.4) is 0 Å². The molecule has 2 rings (SSSR count). The van der Waals surface area contributed by atoms with Crippen LogP contribution in [0.4, 0.5) is 5.69 Å². The molecule has 7 heteroatoms. The molecule has 1 aromatic rings. The van der Waals surface area contributed by atoms with E-state index in [9.17, 15) is 8.42 Å². The summed E-state index contributed by atoms with van der Waals surface area (Å²) >= 11 is 6.53. The molecule has 0 unspecified atom stereocenters. The molecule has 0 atom stereocenters. The first-order valence-corrected chi connectivity index (χ1v) is 8.09. The van der Waals surface area contributed by atoms with Crippen LogP contribution in [0.25, 0.3) is 0 Å². The predicted octanol–water partition coefficient (Wildman–Crippen LogP) is 2.58. The number of nitrogens with zero attached hydrogens (tertiary/aromatic N) is 1. The molecule has 1 aliphatic rings. The minimum absolute atomic E-state index is 0.120. The molecule has 0 radical (unpaired) electrons. The van der Waals surface area contributed by atoms with Crippen molar-refractivity contribution in [3.05, 3.63) is 21.1 Å². The van der Waals surface area contributed by atoms with Crippen LogP contribution in [-0.4, -0.2) is 25.8 Å². The second-order valence-electron chi connectivity index (χ2n) is 4.06. The molecular formula is C10H12Br2N2O2S. The van der Waals surface area contributed by atoms with Crippen LogP contribution in [-0.2, 0) is 10.0 Å². The van der Waals surface area contributed by atoms with Gasteiger partial charge in [-0.25, -0.2) is 8.42 Å². The maximum absolute atomic E-state index is 12.4. The number of halogens is 2. The van der Waals surface area contributed by atoms with E-state index in [0.717, 1.165) is 17.3 Å². The van der Waals surface area contributed by atoms with E-state index in [2.05, 4.69) is 31.9 Å². The lowest BCUT2D eigenvalue weighted by Gasteiger charge is -2.18. The van der Waals surface area contributed by atoms with E-state index in [1.165, 1.54) is 4.31 Å². The predicted molar refractivity (Wildman–Crippen MR) is 74.2 cm³/mol. The number of hydrogen-bond donors (Lipinski definition) is 1. The molecular weight excluding hydrogens is 372 g/mol. The third-order valence-electron chi connectivity index (χ3n) is 2.74. The van der Waals surface area contributed by atoms with E-state index >= 15 is 0 Å². The lowest BCUT2D eigenvalue weighted by Crippen LogP contribution is -2.29. The number of nitrogens with two attached hydrogens (primary N) is 1. The van der Waals surface area contributed by atoms with Gasteiger partial charge in [0.1, 0.15) is 4.90 Å². The number of benzene rings is 1. The molecule has 0 amide bonds. The van der Waals surface area contributed by atoms with Gasteiger partial charge in [0.15, 0.2) is 0 Å². The van der Waals surface area contributed by atoms with Gasteiger partial charge in [0.05, 0.1) is 5.69 Å². The Kier molecular flexibility index (Phi) is 3.55. The van der Waals surface area contributed by atoms with E-state index in [-0.39, 0.29) is 16.6 Å². The highest BCUT2D eigenvalue weighted by atomic mass is 79.9. The smallest absolute Gasteiger partial charge is 0.246 e. The molecule has 0 heterocycles. The second kappa shape index (κ2) is 4.53. The van der Waals surface area contributed by atoms with Gasteiger partial charge in [-0.2, -0.15) is 4.31 Å². The Balaban J connectivity index is 2.53. The van der Waals surface area contributed by atoms with Gasteiger partial charge in [-0.3, -0.25) is 0 Å². The van der Waals surface area contributed by atoms with Crippen molar-refractivity contribution < 1.29 is 8.42 Å². The van der Waals surface area contributed by atoms with Crippen molar-refractivity contribution in [2.24, 2.45) is 0 Å². The van der Waals surface area contributed by atoms with Crippen LogP contribution in [0, 0.1) is 0 Å². The second-order valence-corrected chi connectivity index (χ2v) is 7.76. The lowest BCUT2D eigenvalue weighted by molar-refractivity contribution is 0.464. The van der Waals surface area contributed by atoms with Crippen LogP contribution >= 0.6 is 31.9 Å². The highest BCUT2D eigenvalue weighted by Gasteiger charge is 2.36. The Bertz CT molecular complexity index is 532. The van der Waals surface area contributed by atoms with Gasteiger partial charge in [0, 0.05) is 22.0 Å². The number of hydrogen-bond acceptors (Lipinski definition) is 3. The molecule has 0 aliphatic heterocycles. The average Bonchev–Trinajstić information content (AvgIpc) is 2.96. The molecule has 17 heavy (non-hydrogen) atoms. The summed E-state index contributed by atoms with van der Waals surface area (Å²) in [4.78, 5) is 0.148. The monoisotopic (exact) mass is 382 g/mol. The molecule has 0 spiro atoms. The fourth-order valence-corrected chi connectivity index (χ4v) is 5.06. The molecule has 0 aromatic heterocycles. The highest BCUT2D eigenvalue weighted by molar-refractivity contribution is 9.11. The van der Waals surface area contributed by atoms with E-state index in [1.54, 1.807) is 19.2 Å². The Hall–Kier alpha value is -0.110. The standard InChI is InChI=1S/C10H12Br2N2O2S/c1-14(7-2-3-7)17(15,16)10-8(12)4-6(11)5-9(10)13/h4-5,7H,2-3,13H2,1H3. The summed E-state index contributed by atoms with van der Waals surface area (Å²) in [6, 6.07) is 3.40. The van der Waals surface area contributed by atoms with Crippen LogP contribution < -0.4 is 5.73 Å². The first kappa shape index (κ1) is 13.3. The van der Waals surface area contributed by atoms with Crippen LogP contribution in [0.15, 0.2) is 26.0 Å². The fourth-order valence-electron chi connectivity index (χ4n) is 1.63. The molecule has 1 fully saturated rings. The topological polar surface area (TPSA) is 63.4 Å². The normalized spacial score (nSPS) is 16.5. The van der Waals surface area contributed by atoms with Crippen molar-refractivity contribution in [2.45, 2.75) is 23.8 Å². The summed E-state index contributed by atoms with van der Waals surface area (Å²) in [5, 5.41) is 0. The summed E-state index contributed by atoms with van der Waals surface area (Å²) in [6.07, 6.45) is 1.84. The quantitative estimate of drug-likeness (QED) is 0.816. The zero-order chi connectivity index (χ0) is 12.8. The van der Waals surface area contributed by atoms with Gasteiger partial charge < -0.3 is 5.73 Å². The number of sulfonamides is 1. The van der Waals surface area contributed by atoms with E-state index in [1.807, 2.05) is 0 Å².